The van der Waals surface area contributed by atoms with Crippen molar-refractivity contribution >= 4 is 11.9 Å². The molecule has 1 fully saturated rings. The first-order valence-electron chi connectivity index (χ1n) is 7.65. The van der Waals surface area contributed by atoms with E-state index in [-0.39, 0.29) is 24.7 Å². The third-order valence-corrected chi connectivity index (χ3v) is 3.67. The van der Waals surface area contributed by atoms with E-state index in [1.165, 1.54) is 7.11 Å². The number of benzene rings is 1. The molecule has 0 N–H and O–H groups in total. The highest BCUT2D eigenvalue weighted by atomic mass is 16.5. The van der Waals surface area contributed by atoms with E-state index in [1.807, 2.05) is 26.8 Å². The number of rotatable bonds is 4. The maximum absolute atomic E-state index is 12.2. The lowest BCUT2D eigenvalue weighted by Gasteiger charge is -2.35. The van der Waals surface area contributed by atoms with Gasteiger partial charge in [0, 0.05) is 13.1 Å². The molecule has 0 aromatic heterocycles. The maximum Gasteiger partial charge on any atom is 0.342 e. The third kappa shape index (κ3) is 4.45. The summed E-state index contributed by atoms with van der Waals surface area (Å²) < 4.78 is 15.9. The molecule has 6 nitrogen and oxygen atoms in total. The Morgan fingerprint density at radius 3 is 2.52 bits per heavy atom. The number of amides is 1. The van der Waals surface area contributed by atoms with Crippen molar-refractivity contribution < 1.29 is 23.8 Å². The van der Waals surface area contributed by atoms with Crippen molar-refractivity contribution in [3.63, 3.8) is 0 Å². The fourth-order valence-corrected chi connectivity index (χ4v) is 2.66. The van der Waals surface area contributed by atoms with E-state index in [2.05, 4.69) is 0 Å². The van der Waals surface area contributed by atoms with Crippen LogP contribution in [0, 0.1) is 6.92 Å². The van der Waals surface area contributed by atoms with Crippen LogP contribution in [-0.4, -0.2) is 55.8 Å². The van der Waals surface area contributed by atoms with Gasteiger partial charge < -0.3 is 19.1 Å². The van der Waals surface area contributed by atoms with Crippen molar-refractivity contribution in [1.82, 2.24) is 4.90 Å². The quantitative estimate of drug-likeness (QED) is 0.791. The van der Waals surface area contributed by atoms with Crippen LogP contribution in [0.5, 0.6) is 5.75 Å². The van der Waals surface area contributed by atoms with Crippen LogP contribution in [0.2, 0.25) is 0 Å². The summed E-state index contributed by atoms with van der Waals surface area (Å²) in [6.07, 6.45) is -0.0365. The van der Waals surface area contributed by atoms with E-state index >= 15 is 0 Å². The first-order chi connectivity index (χ1) is 10.9. The lowest BCUT2D eigenvalue weighted by atomic mass is 10.1. The van der Waals surface area contributed by atoms with Crippen molar-refractivity contribution in [2.24, 2.45) is 0 Å². The first kappa shape index (κ1) is 17.3. The summed E-state index contributed by atoms with van der Waals surface area (Å²) in [5, 5.41) is 0. The smallest absolute Gasteiger partial charge is 0.342 e. The van der Waals surface area contributed by atoms with Crippen LogP contribution < -0.4 is 4.74 Å². The monoisotopic (exact) mass is 321 g/mol. The van der Waals surface area contributed by atoms with Crippen molar-refractivity contribution in [1.29, 1.82) is 0 Å². The van der Waals surface area contributed by atoms with Gasteiger partial charge in [-0.25, -0.2) is 4.79 Å². The molecule has 0 spiro atoms. The van der Waals surface area contributed by atoms with Crippen LogP contribution in [0.1, 0.15) is 29.8 Å². The predicted molar refractivity (Wildman–Crippen MR) is 84.6 cm³/mol. The Kier molecular flexibility index (Phi) is 5.60. The topological polar surface area (TPSA) is 65.1 Å². The van der Waals surface area contributed by atoms with Gasteiger partial charge in [-0.2, -0.15) is 0 Å². The minimum atomic E-state index is -0.562. The molecule has 0 unspecified atom stereocenters. The number of nitrogens with zero attached hydrogens (tertiary/aromatic N) is 1. The molecular weight excluding hydrogens is 298 g/mol. The average Bonchev–Trinajstić information content (AvgIpc) is 2.51. The normalized spacial score (nSPS) is 21.0. The van der Waals surface area contributed by atoms with Gasteiger partial charge in [0.05, 0.1) is 19.3 Å². The number of carbonyl (C=O) groups is 2. The molecule has 1 aliphatic rings. The maximum atomic E-state index is 12.2. The number of hydrogen-bond donors (Lipinski definition) is 0. The molecule has 0 bridgehead atoms. The molecule has 1 saturated heterocycles. The van der Waals surface area contributed by atoms with Gasteiger partial charge in [-0.05, 0) is 32.9 Å². The van der Waals surface area contributed by atoms with Gasteiger partial charge in [0.2, 0.25) is 0 Å². The predicted octanol–water partition coefficient (Wildman–Crippen LogP) is 1.80. The van der Waals surface area contributed by atoms with Crippen molar-refractivity contribution in [2.75, 3.05) is 26.8 Å². The van der Waals surface area contributed by atoms with Crippen LogP contribution in [0.3, 0.4) is 0 Å². The summed E-state index contributed by atoms with van der Waals surface area (Å²) in [6, 6.07) is 5.24. The summed E-state index contributed by atoms with van der Waals surface area (Å²) in [5.41, 5.74) is 1.24. The molecule has 2 rings (SSSR count). The second-order valence-corrected chi connectivity index (χ2v) is 5.84. The Bertz CT molecular complexity index is 576. The van der Waals surface area contributed by atoms with E-state index < -0.39 is 5.97 Å². The minimum absolute atomic E-state index is 0.0183. The molecule has 126 valence electrons. The van der Waals surface area contributed by atoms with E-state index in [0.29, 0.717) is 24.4 Å². The third-order valence-electron chi connectivity index (χ3n) is 3.67. The van der Waals surface area contributed by atoms with Crippen LogP contribution >= 0.6 is 0 Å². The zero-order chi connectivity index (χ0) is 17.0. The molecule has 1 aromatic carbocycles. The summed E-state index contributed by atoms with van der Waals surface area (Å²) >= 11 is 0. The van der Waals surface area contributed by atoms with E-state index in [9.17, 15) is 9.59 Å². The molecule has 1 heterocycles. The van der Waals surface area contributed by atoms with Crippen LogP contribution in [0.15, 0.2) is 18.2 Å². The molecular formula is C17H23NO5. The zero-order valence-corrected chi connectivity index (χ0v) is 14.0. The van der Waals surface area contributed by atoms with Gasteiger partial charge in [-0.15, -0.1) is 0 Å². The average molecular weight is 321 g/mol. The minimum Gasteiger partial charge on any atom is -0.496 e. The van der Waals surface area contributed by atoms with Crippen LogP contribution in [-0.2, 0) is 14.3 Å². The highest BCUT2D eigenvalue weighted by molar-refractivity contribution is 5.94. The highest BCUT2D eigenvalue weighted by Gasteiger charge is 2.26. The van der Waals surface area contributed by atoms with Crippen molar-refractivity contribution in [3.8, 4) is 5.75 Å². The standard InChI is InChI=1S/C17H23NO5/c1-11-5-6-15(21-4)14(7-11)17(20)22-10-16(19)18-8-12(2)23-13(3)9-18/h5-7,12-13H,8-10H2,1-4H3/t12-,13-/m1/s1. The number of morpholine rings is 1. The first-order valence-corrected chi connectivity index (χ1v) is 7.65. The molecule has 6 heteroatoms. The molecule has 1 amide bonds. The molecule has 1 aromatic rings. The zero-order valence-electron chi connectivity index (χ0n) is 14.0. The number of esters is 1. The number of methoxy groups -OCH3 is 1. The molecule has 0 saturated carbocycles. The number of ether oxygens (including phenoxy) is 3. The second-order valence-electron chi connectivity index (χ2n) is 5.84. The van der Waals surface area contributed by atoms with E-state index in [4.69, 9.17) is 14.2 Å². The fraction of sp³-hybridized carbons (Fsp3) is 0.529. The summed E-state index contributed by atoms with van der Waals surface area (Å²) in [6.45, 7) is 6.44. The molecule has 0 radical (unpaired) electrons. The summed E-state index contributed by atoms with van der Waals surface area (Å²) in [4.78, 5) is 26.1. The van der Waals surface area contributed by atoms with E-state index in [0.717, 1.165) is 5.56 Å². The van der Waals surface area contributed by atoms with Crippen LogP contribution in [0.4, 0.5) is 0 Å². The Hall–Kier alpha value is -2.08. The summed E-state index contributed by atoms with van der Waals surface area (Å²) in [7, 11) is 1.49. The lowest BCUT2D eigenvalue weighted by Crippen LogP contribution is -2.49. The Morgan fingerprint density at radius 1 is 1.26 bits per heavy atom. The molecule has 2 atom stereocenters. The van der Waals surface area contributed by atoms with Gasteiger partial charge in [0.15, 0.2) is 6.61 Å². The molecule has 0 aliphatic carbocycles. The Morgan fingerprint density at radius 2 is 1.91 bits per heavy atom. The SMILES string of the molecule is COc1ccc(C)cc1C(=O)OCC(=O)N1C[C@@H](C)O[C@H](C)C1. The number of aryl methyl sites for hydroxylation is 1. The molecule has 1 aliphatic heterocycles. The second kappa shape index (κ2) is 7.46. The van der Waals surface area contributed by atoms with Gasteiger partial charge >= 0.3 is 5.97 Å². The summed E-state index contributed by atoms with van der Waals surface area (Å²) in [5.74, 6) is -0.345. The number of hydrogen-bond acceptors (Lipinski definition) is 5. The van der Waals surface area contributed by atoms with Gasteiger partial charge in [-0.1, -0.05) is 11.6 Å². The van der Waals surface area contributed by atoms with Gasteiger partial charge in [0.25, 0.3) is 5.91 Å². The largest absolute Gasteiger partial charge is 0.496 e. The van der Waals surface area contributed by atoms with E-state index in [1.54, 1.807) is 17.0 Å². The number of carbonyl (C=O) groups excluding carboxylic acids is 2. The highest BCUT2D eigenvalue weighted by Crippen LogP contribution is 2.20. The van der Waals surface area contributed by atoms with Gasteiger partial charge in [-0.3, -0.25) is 4.79 Å². The Balaban J connectivity index is 1.96. The van der Waals surface area contributed by atoms with Crippen LogP contribution in [0.25, 0.3) is 0 Å². The molecule has 23 heavy (non-hydrogen) atoms. The fourth-order valence-electron chi connectivity index (χ4n) is 2.66. The lowest BCUT2D eigenvalue weighted by molar-refractivity contribution is -0.146. The van der Waals surface area contributed by atoms with Crippen molar-refractivity contribution in [3.05, 3.63) is 29.3 Å². The van der Waals surface area contributed by atoms with Gasteiger partial charge in [0.1, 0.15) is 11.3 Å². The van der Waals surface area contributed by atoms with Crippen molar-refractivity contribution in [2.45, 2.75) is 33.0 Å². The Labute approximate surface area is 136 Å².